The summed E-state index contributed by atoms with van der Waals surface area (Å²) in [5.41, 5.74) is 8.59. The summed E-state index contributed by atoms with van der Waals surface area (Å²) in [6, 6.07) is 2.21. The number of allylic oxidation sites excluding steroid dienone is 1. The van der Waals surface area contributed by atoms with Gasteiger partial charge in [0.15, 0.2) is 0 Å². The molecule has 19 heavy (non-hydrogen) atoms. The van der Waals surface area contributed by atoms with Crippen LogP contribution in [0, 0.1) is 17.2 Å². The average molecular weight is 256 g/mol. The number of rotatable bonds is 2. The lowest BCUT2D eigenvalue weighted by atomic mass is 9.89. The van der Waals surface area contributed by atoms with Gasteiger partial charge in [0.2, 0.25) is 0 Å². The summed E-state index contributed by atoms with van der Waals surface area (Å²) in [4.78, 5) is 2.34. The predicted octanol–water partition coefficient (Wildman–Crippen LogP) is 1.95. The first-order valence-corrected chi connectivity index (χ1v) is 7.10. The molecule has 2 aliphatic heterocycles. The molecule has 100 valence electrons. The highest BCUT2D eigenvalue weighted by Gasteiger charge is 2.27. The van der Waals surface area contributed by atoms with Gasteiger partial charge in [-0.25, -0.2) is 0 Å². The van der Waals surface area contributed by atoms with Crippen LogP contribution in [0.5, 0.6) is 0 Å². The van der Waals surface area contributed by atoms with Gasteiger partial charge in [0, 0.05) is 31.1 Å². The van der Waals surface area contributed by atoms with Crippen molar-refractivity contribution >= 4 is 0 Å². The first-order chi connectivity index (χ1) is 9.28. The Kier molecular flexibility index (Phi) is 3.20. The molecule has 0 spiro atoms. The van der Waals surface area contributed by atoms with E-state index in [2.05, 4.69) is 22.5 Å². The first kappa shape index (κ1) is 12.2. The third-order valence-corrected chi connectivity index (χ3v) is 4.30. The molecule has 2 heterocycles. The van der Waals surface area contributed by atoms with Crippen LogP contribution in [0.2, 0.25) is 0 Å². The van der Waals surface area contributed by atoms with Crippen LogP contribution < -0.4 is 11.1 Å². The molecule has 1 fully saturated rings. The van der Waals surface area contributed by atoms with Gasteiger partial charge in [0.1, 0.15) is 17.5 Å². The molecule has 0 saturated heterocycles. The van der Waals surface area contributed by atoms with E-state index in [1.807, 2.05) is 6.20 Å². The highest BCUT2D eigenvalue weighted by atomic mass is 15.1. The SMILES string of the molecule is N#CC1=C(N)NC=C2CN(CC3CCCCC3)C=C21. The minimum Gasteiger partial charge on any atom is -0.384 e. The standard InChI is InChI=1S/C15H20N4/c16-6-13-14-10-19(8-11-4-2-1-3-5-11)9-12(14)7-18-15(13)17/h7,10-11,18H,1-5,8-9,17H2. The van der Waals surface area contributed by atoms with Gasteiger partial charge in [-0.2, -0.15) is 5.26 Å². The van der Waals surface area contributed by atoms with E-state index < -0.39 is 0 Å². The number of nitrogens with one attached hydrogen (secondary N) is 1. The van der Waals surface area contributed by atoms with Crippen LogP contribution in [0.3, 0.4) is 0 Å². The number of nitriles is 1. The molecule has 0 aromatic carbocycles. The lowest BCUT2D eigenvalue weighted by Crippen LogP contribution is -2.26. The summed E-state index contributed by atoms with van der Waals surface area (Å²) in [6.07, 6.45) is 10.9. The third-order valence-electron chi connectivity index (χ3n) is 4.30. The summed E-state index contributed by atoms with van der Waals surface area (Å²) in [6.45, 7) is 2.01. The van der Waals surface area contributed by atoms with Crippen molar-refractivity contribution < 1.29 is 0 Å². The van der Waals surface area contributed by atoms with Crippen molar-refractivity contribution in [1.82, 2.24) is 10.2 Å². The number of nitrogens with two attached hydrogens (primary N) is 1. The Morgan fingerprint density at radius 2 is 2.16 bits per heavy atom. The minimum atomic E-state index is 0.469. The van der Waals surface area contributed by atoms with E-state index in [1.165, 1.54) is 37.7 Å². The summed E-state index contributed by atoms with van der Waals surface area (Å²) in [7, 11) is 0. The van der Waals surface area contributed by atoms with Crippen molar-refractivity contribution in [2.45, 2.75) is 32.1 Å². The quantitative estimate of drug-likeness (QED) is 0.792. The molecule has 3 aliphatic rings. The van der Waals surface area contributed by atoms with Gasteiger partial charge in [-0.1, -0.05) is 19.3 Å². The van der Waals surface area contributed by atoms with Gasteiger partial charge < -0.3 is 16.0 Å². The van der Waals surface area contributed by atoms with E-state index in [0.29, 0.717) is 11.4 Å². The fourth-order valence-electron chi connectivity index (χ4n) is 3.28. The second-order valence-electron chi connectivity index (χ2n) is 5.69. The lowest BCUT2D eigenvalue weighted by molar-refractivity contribution is 0.271. The van der Waals surface area contributed by atoms with E-state index in [1.54, 1.807) is 0 Å². The maximum absolute atomic E-state index is 9.20. The van der Waals surface area contributed by atoms with Crippen LogP contribution in [-0.4, -0.2) is 18.0 Å². The summed E-state index contributed by atoms with van der Waals surface area (Å²) < 4.78 is 0. The molecule has 0 radical (unpaired) electrons. The molecule has 4 nitrogen and oxygen atoms in total. The van der Waals surface area contributed by atoms with E-state index in [-0.39, 0.29) is 0 Å². The summed E-state index contributed by atoms with van der Waals surface area (Å²) >= 11 is 0. The molecule has 1 aliphatic carbocycles. The number of nitrogens with zero attached hydrogens (tertiary/aromatic N) is 2. The molecule has 0 bridgehead atoms. The third kappa shape index (κ3) is 2.33. The summed E-state index contributed by atoms with van der Waals surface area (Å²) in [5.74, 6) is 1.28. The van der Waals surface area contributed by atoms with Crippen molar-refractivity contribution in [3.63, 3.8) is 0 Å². The van der Waals surface area contributed by atoms with Crippen LogP contribution in [0.4, 0.5) is 0 Å². The largest absolute Gasteiger partial charge is 0.384 e. The van der Waals surface area contributed by atoms with Crippen molar-refractivity contribution in [2.24, 2.45) is 11.7 Å². The number of fused-ring (bicyclic) bond motifs is 1. The Hall–Kier alpha value is -1.89. The highest BCUT2D eigenvalue weighted by molar-refractivity contribution is 5.59. The fraction of sp³-hybridized carbons (Fsp3) is 0.533. The van der Waals surface area contributed by atoms with Gasteiger partial charge in [0.05, 0.1) is 0 Å². The predicted molar refractivity (Wildman–Crippen MR) is 74.3 cm³/mol. The molecule has 0 aromatic rings. The fourth-order valence-corrected chi connectivity index (χ4v) is 3.28. The number of dihydropyridines is 1. The monoisotopic (exact) mass is 256 g/mol. The second-order valence-corrected chi connectivity index (χ2v) is 5.69. The average Bonchev–Trinajstić information content (AvgIpc) is 2.82. The zero-order chi connectivity index (χ0) is 13.2. The first-order valence-electron chi connectivity index (χ1n) is 7.10. The summed E-state index contributed by atoms with van der Waals surface area (Å²) in [5, 5.41) is 12.2. The van der Waals surface area contributed by atoms with E-state index in [9.17, 15) is 5.26 Å². The van der Waals surface area contributed by atoms with Crippen LogP contribution in [0.25, 0.3) is 0 Å². The second kappa shape index (κ2) is 5.00. The number of hydrogen-bond donors (Lipinski definition) is 2. The smallest absolute Gasteiger partial charge is 0.119 e. The van der Waals surface area contributed by atoms with Crippen LogP contribution >= 0.6 is 0 Å². The van der Waals surface area contributed by atoms with E-state index in [4.69, 9.17) is 5.73 Å². The zero-order valence-corrected chi connectivity index (χ0v) is 11.2. The van der Waals surface area contributed by atoms with E-state index >= 15 is 0 Å². The van der Waals surface area contributed by atoms with Gasteiger partial charge in [0.25, 0.3) is 0 Å². The Balaban J connectivity index is 1.72. The molecular weight excluding hydrogens is 236 g/mol. The maximum atomic E-state index is 9.20. The molecule has 0 unspecified atom stereocenters. The molecule has 3 rings (SSSR count). The molecule has 0 aromatic heterocycles. The van der Waals surface area contributed by atoms with Crippen molar-refractivity contribution in [1.29, 1.82) is 5.26 Å². The Morgan fingerprint density at radius 3 is 2.89 bits per heavy atom. The zero-order valence-electron chi connectivity index (χ0n) is 11.2. The maximum Gasteiger partial charge on any atom is 0.119 e. The Bertz CT molecular complexity index is 501. The molecule has 4 heteroatoms. The molecule has 3 N–H and O–H groups in total. The van der Waals surface area contributed by atoms with Crippen molar-refractivity contribution in [3.05, 3.63) is 34.9 Å². The topological polar surface area (TPSA) is 65.1 Å². The van der Waals surface area contributed by atoms with Gasteiger partial charge in [-0.3, -0.25) is 0 Å². The molecule has 1 saturated carbocycles. The van der Waals surface area contributed by atoms with Gasteiger partial charge in [-0.15, -0.1) is 0 Å². The highest BCUT2D eigenvalue weighted by Crippen LogP contribution is 2.32. The number of hydrogen-bond acceptors (Lipinski definition) is 4. The van der Waals surface area contributed by atoms with Crippen molar-refractivity contribution in [3.8, 4) is 6.07 Å². The van der Waals surface area contributed by atoms with Crippen LogP contribution in [-0.2, 0) is 0 Å². The molecular formula is C15H20N4. The van der Waals surface area contributed by atoms with Crippen LogP contribution in [0.1, 0.15) is 32.1 Å². The molecule has 0 atom stereocenters. The Labute approximate surface area is 114 Å². The van der Waals surface area contributed by atoms with E-state index in [0.717, 1.165) is 24.6 Å². The Morgan fingerprint density at radius 1 is 1.37 bits per heavy atom. The molecule has 0 amide bonds. The van der Waals surface area contributed by atoms with Crippen LogP contribution in [0.15, 0.2) is 34.9 Å². The van der Waals surface area contributed by atoms with Gasteiger partial charge in [-0.05, 0) is 24.3 Å². The van der Waals surface area contributed by atoms with Gasteiger partial charge >= 0.3 is 0 Å². The normalized spacial score (nSPS) is 23.4. The minimum absolute atomic E-state index is 0.469. The lowest BCUT2D eigenvalue weighted by Gasteiger charge is -2.26. The van der Waals surface area contributed by atoms with Crippen molar-refractivity contribution in [2.75, 3.05) is 13.1 Å².